The minimum absolute atomic E-state index is 0.0694. The zero-order chi connectivity index (χ0) is 29.0. The Balaban J connectivity index is 1.32. The summed E-state index contributed by atoms with van der Waals surface area (Å²) >= 11 is 0. The fraction of sp³-hybridized carbons (Fsp3) is 0.342. The van der Waals surface area contributed by atoms with Crippen molar-refractivity contribution in [1.29, 1.82) is 0 Å². The Bertz CT molecular complexity index is 1760. The zero-order valence-corrected chi connectivity index (χ0v) is 24.9. The molecule has 0 spiro atoms. The number of aromatic nitrogens is 1. The molecule has 1 aromatic heterocycles. The van der Waals surface area contributed by atoms with Crippen LogP contribution in [0.25, 0.3) is 22.2 Å². The molecule has 2 aliphatic carbocycles. The molecule has 2 heterocycles. The van der Waals surface area contributed by atoms with Gasteiger partial charge in [0.05, 0.1) is 16.7 Å². The predicted molar refractivity (Wildman–Crippen MR) is 170 cm³/mol. The van der Waals surface area contributed by atoms with E-state index in [0.29, 0.717) is 5.57 Å². The smallest absolute Gasteiger partial charge is 0.209 e. The highest BCUT2D eigenvalue weighted by Gasteiger charge is 2.50. The highest BCUT2D eigenvalue weighted by Crippen LogP contribution is 2.46. The van der Waals surface area contributed by atoms with Crippen LogP contribution < -0.4 is 0 Å². The number of carbonyl (C=O) groups excluding carboxylic acids is 2. The number of carbonyl (C=O) groups is 2. The van der Waals surface area contributed by atoms with E-state index < -0.39 is 5.92 Å². The standard InChI is InChI=1S/C38H39N2O2/c1-38(2)29-19-11-13-21-31(29)39(3)32(38)24-28-36(41)34(37(28)42)33-27-18-10-12-20-30(27)40(23-22-25-14-6-4-7-15-25)35(33)26-16-8-5-9-17-26/h5,8-13,16-21,24-25,34H,4,6-7,14-15,22-23H2,1-3H3/q+1. The normalized spacial score (nSPS) is 20.3. The second-order valence-electron chi connectivity index (χ2n) is 12.9. The van der Waals surface area contributed by atoms with Crippen molar-refractivity contribution in [3.63, 3.8) is 0 Å². The number of fused-ring (bicyclic) bond motifs is 2. The number of hydrogen-bond donors (Lipinski definition) is 0. The maximum Gasteiger partial charge on any atom is 0.209 e. The molecule has 0 radical (unpaired) electrons. The molecule has 42 heavy (non-hydrogen) atoms. The molecule has 2 fully saturated rings. The molecule has 0 saturated heterocycles. The first kappa shape index (κ1) is 26.8. The van der Waals surface area contributed by atoms with Gasteiger partial charge in [-0.1, -0.05) is 98.8 Å². The first-order chi connectivity index (χ1) is 20.4. The predicted octanol–water partition coefficient (Wildman–Crippen LogP) is 8.15. The van der Waals surface area contributed by atoms with Gasteiger partial charge in [0, 0.05) is 40.7 Å². The van der Waals surface area contributed by atoms with Gasteiger partial charge in [0.2, 0.25) is 5.69 Å². The van der Waals surface area contributed by atoms with Crippen LogP contribution >= 0.6 is 0 Å². The molecular weight excluding hydrogens is 516 g/mol. The summed E-state index contributed by atoms with van der Waals surface area (Å²) in [7, 11) is 2.03. The third kappa shape index (κ3) is 4.14. The second kappa shape index (κ2) is 10.3. The van der Waals surface area contributed by atoms with Gasteiger partial charge in [-0.25, -0.2) is 0 Å². The molecule has 7 rings (SSSR count). The number of hydrogen-bond acceptors (Lipinski definition) is 2. The first-order valence-corrected chi connectivity index (χ1v) is 15.5. The minimum Gasteiger partial charge on any atom is -0.340 e. The lowest BCUT2D eigenvalue weighted by Crippen LogP contribution is -2.40. The van der Waals surface area contributed by atoms with Crippen LogP contribution in [0.15, 0.2) is 90.5 Å². The van der Waals surface area contributed by atoms with Gasteiger partial charge in [-0.15, -0.1) is 0 Å². The van der Waals surface area contributed by atoms with Crippen molar-refractivity contribution < 1.29 is 14.2 Å². The summed E-state index contributed by atoms with van der Waals surface area (Å²) in [6, 6.07) is 27.0. The fourth-order valence-electron chi connectivity index (χ4n) is 7.82. The number of rotatable bonds is 6. The molecule has 0 N–H and O–H groups in total. The van der Waals surface area contributed by atoms with Crippen LogP contribution in [-0.4, -0.2) is 33.5 Å². The van der Waals surface area contributed by atoms with E-state index in [1.165, 1.54) is 37.7 Å². The SMILES string of the molecule is C[N+]1=C(C=C2C(=O)C(c3c(-c4ccccc4)n(CCC4CCCCC4)c4ccccc34)C2=O)C(C)(C)c2ccccc21. The van der Waals surface area contributed by atoms with E-state index in [4.69, 9.17) is 0 Å². The highest BCUT2D eigenvalue weighted by molar-refractivity contribution is 6.44. The molecule has 3 aromatic carbocycles. The maximum absolute atomic E-state index is 14.1. The number of aryl methyl sites for hydroxylation is 1. The third-order valence-electron chi connectivity index (χ3n) is 10.1. The topological polar surface area (TPSA) is 42.1 Å². The van der Waals surface area contributed by atoms with Crippen molar-refractivity contribution in [3.05, 3.63) is 102 Å². The lowest BCUT2D eigenvalue weighted by atomic mass is 9.70. The lowest BCUT2D eigenvalue weighted by Gasteiger charge is -2.28. The largest absolute Gasteiger partial charge is 0.340 e. The highest BCUT2D eigenvalue weighted by atomic mass is 16.2. The Labute approximate surface area is 248 Å². The third-order valence-corrected chi connectivity index (χ3v) is 10.1. The van der Waals surface area contributed by atoms with Crippen LogP contribution in [0.4, 0.5) is 5.69 Å². The Kier molecular flexibility index (Phi) is 6.61. The summed E-state index contributed by atoms with van der Waals surface area (Å²) in [5.74, 6) is -0.175. The molecule has 0 amide bonds. The minimum atomic E-state index is -0.773. The molecule has 4 aromatic rings. The zero-order valence-electron chi connectivity index (χ0n) is 24.9. The van der Waals surface area contributed by atoms with Gasteiger partial charge in [-0.05, 0) is 37.8 Å². The molecule has 3 aliphatic rings. The quantitative estimate of drug-likeness (QED) is 0.104. The summed E-state index contributed by atoms with van der Waals surface area (Å²) < 4.78 is 4.53. The molecule has 0 unspecified atom stereocenters. The van der Waals surface area contributed by atoms with Crippen molar-refractivity contribution in [2.45, 2.75) is 70.3 Å². The van der Waals surface area contributed by atoms with Crippen LogP contribution in [-0.2, 0) is 21.5 Å². The number of benzene rings is 3. The van der Waals surface area contributed by atoms with Crippen LogP contribution in [0.3, 0.4) is 0 Å². The van der Waals surface area contributed by atoms with E-state index in [1.54, 1.807) is 0 Å². The molecule has 2 saturated carbocycles. The van der Waals surface area contributed by atoms with Crippen LogP contribution in [0.2, 0.25) is 0 Å². The van der Waals surface area contributed by atoms with Crippen LogP contribution in [0, 0.1) is 5.92 Å². The fourth-order valence-corrected chi connectivity index (χ4v) is 7.82. The molecule has 212 valence electrons. The van der Waals surface area contributed by atoms with Crippen molar-refractivity contribution in [2.75, 3.05) is 7.05 Å². The van der Waals surface area contributed by atoms with Gasteiger partial charge in [0.1, 0.15) is 13.0 Å². The van der Waals surface area contributed by atoms with Gasteiger partial charge >= 0.3 is 0 Å². The van der Waals surface area contributed by atoms with Crippen molar-refractivity contribution >= 4 is 33.9 Å². The van der Waals surface area contributed by atoms with Crippen molar-refractivity contribution in [1.82, 2.24) is 4.57 Å². The van der Waals surface area contributed by atoms with Gasteiger partial charge in [0.25, 0.3) is 0 Å². The lowest BCUT2D eigenvalue weighted by molar-refractivity contribution is -0.401. The summed E-state index contributed by atoms with van der Waals surface area (Å²) in [6.45, 7) is 5.23. The average Bonchev–Trinajstić information content (AvgIpc) is 3.43. The van der Waals surface area contributed by atoms with Gasteiger partial charge in [0.15, 0.2) is 17.3 Å². The van der Waals surface area contributed by atoms with Gasteiger partial charge < -0.3 is 4.57 Å². The van der Waals surface area contributed by atoms with E-state index in [-0.39, 0.29) is 17.0 Å². The monoisotopic (exact) mass is 555 g/mol. The second-order valence-corrected chi connectivity index (χ2v) is 12.9. The summed E-state index contributed by atoms with van der Waals surface area (Å²) in [4.78, 5) is 28.1. The molecule has 4 nitrogen and oxygen atoms in total. The summed E-state index contributed by atoms with van der Waals surface area (Å²) in [5.41, 5.74) is 7.41. The Morgan fingerprint density at radius 3 is 2.26 bits per heavy atom. The van der Waals surface area contributed by atoms with E-state index in [2.05, 4.69) is 71.5 Å². The number of Topliss-reactive ketones (excluding diaryl/α,β-unsaturated/α-hetero) is 2. The molecule has 4 heteroatoms. The van der Waals surface area contributed by atoms with Gasteiger partial charge in [-0.2, -0.15) is 4.58 Å². The van der Waals surface area contributed by atoms with E-state index in [1.807, 2.05) is 43.5 Å². The van der Waals surface area contributed by atoms with Crippen LogP contribution in [0.5, 0.6) is 0 Å². The van der Waals surface area contributed by atoms with E-state index in [9.17, 15) is 9.59 Å². The summed E-state index contributed by atoms with van der Waals surface area (Å²) in [6.07, 6.45) is 9.58. The molecule has 1 aliphatic heterocycles. The summed E-state index contributed by atoms with van der Waals surface area (Å²) in [5, 5.41) is 1.02. The first-order valence-electron chi connectivity index (χ1n) is 15.5. The molecule has 0 bridgehead atoms. The Morgan fingerprint density at radius 2 is 1.52 bits per heavy atom. The Hall–Kier alpha value is -4.05. The average molecular weight is 556 g/mol. The number of nitrogens with zero attached hydrogens (tertiary/aromatic N) is 2. The number of ketones is 2. The van der Waals surface area contributed by atoms with Crippen molar-refractivity contribution in [3.8, 4) is 11.3 Å². The van der Waals surface area contributed by atoms with Crippen molar-refractivity contribution in [2.24, 2.45) is 5.92 Å². The maximum atomic E-state index is 14.1. The molecular formula is C38H39N2O2+. The van der Waals surface area contributed by atoms with E-state index >= 15 is 0 Å². The van der Waals surface area contributed by atoms with Crippen LogP contribution in [0.1, 0.15) is 69.4 Å². The van der Waals surface area contributed by atoms with Gasteiger partial charge in [-0.3, -0.25) is 9.59 Å². The van der Waals surface area contributed by atoms with E-state index in [0.717, 1.165) is 58.0 Å². The number of allylic oxidation sites excluding steroid dienone is 2. The molecule has 0 atom stereocenters. The number of para-hydroxylation sites is 2. The Morgan fingerprint density at radius 1 is 0.857 bits per heavy atom.